The molecule has 0 radical (unpaired) electrons. The minimum Gasteiger partial charge on any atom is -0.457 e. The lowest BCUT2D eigenvalue weighted by Crippen LogP contribution is -2.13. The lowest BCUT2D eigenvalue weighted by atomic mass is 10.1. The van der Waals surface area contributed by atoms with Gasteiger partial charge in [-0.05, 0) is 43.2 Å². The molecule has 0 unspecified atom stereocenters. The Morgan fingerprint density at radius 2 is 1.88 bits per heavy atom. The summed E-state index contributed by atoms with van der Waals surface area (Å²) in [6, 6.07) is 14.6. The van der Waals surface area contributed by atoms with Crippen molar-refractivity contribution >= 4 is 16.8 Å². The van der Waals surface area contributed by atoms with E-state index in [-0.39, 0.29) is 11.5 Å². The summed E-state index contributed by atoms with van der Waals surface area (Å²) in [5.41, 5.74) is 5.53. The number of hydrogen-bond donors (Lipinski definition) is 2. The average Bonchev–Trinajstić information content (AvgIpc) is 2.60. The fourth-order valence-electron chi connectivity index (χ4n) is 2.56. The highest BCUT2D eigenvalue weighted by molar-refractivity contribution is 5.79. The fraction of sp³-hybridized carbons (Fsp3) is 0.211. The molecule has 0 fully saturated rings. The first-order chi connectivity index (χ1) is 12.1. The van der Waals surface area contributed by atoms with Crippen LogP contribution >= 0.6 is 0 Å². The molecule has 3 rings (SSSR count). The molecule has 0 atom stereocenters. The summed E-state index contributed by atoms with van der Waals surface area (Å²) in [5, 5.41) is 0.481. The maximum Gasteiger partial charge on any atom is 0.258 e. The van der Waals surface area contributed by atoms with Crippen LogP contribution in [-0.2, 0) is 11.2 Å². The second-order valence-corrected chi connectivity index (χ2v) is 5.78. The third-order valence-corrected chi connectivity index (χ3v) is 3.79. The smallest absolute Gasteiger partial charge is 0.258 e. The number of aromatic nitrogens is 2. The average molecular weight is 337 g/mol. The molecule has 6 heteroatoms. The van der Waals surface area contributed by atoms with Crippen LogP contribution in [0.25, 0.3) is 10.9 Å². The van der Waals surface area contributed by atoms with Gasteiger partial charge in [0.1, 0.15) is 17.3 Å². The second kappa shape index (κ2) is 7.61. The zero-order chi connectivity index (χ0) is 17.6. The molecule has 0 aliphatic rings. The van der Waals surface area contributed by atoms with Crippen LogP contribution in [0.1, 0.15) is 25.1 Å². The molecule has 3 aromatic rings. The van der Waals surface area contributed by atoms with Gasteiger partial charge in [-0.2, -0.15) is 0 Å². The summed E-state index contributed by atoms with van der Waals surface area (Å²) in [6.07, 6.45) is 2.37. The standard InChI is InChI=1S/C19H19N3O3/c20-17(23)8-4-5-9-18-21-16-11-10-14(12-15(16)19(24)22-18)25-13-6-2-1-3-7-13/h1-3,6-7,10-12H,4-5,8-9H2,(H2,20,23)(H,21,22,24). The zero-order valence-corrected chi connectivity index (χ0v) is 13.7. The number of nitrogens with zero attached hydrogens (tertiary/aromatic N) is 1. The van der Waals surface area contributed by atoms with Gasteiger partial charge in [-0.1, -0.05) is 18.2 Å². The molecule has 128 valence electrons. The van der Waals surface area contributed by atoms with Crippen molar-refractivity contribution < 1.29 is 9.53 Å². The number of nitrogens with two attached hydrogens (primary N) is 1. The first-order valence-electron chi connectivity index (χ1n) is 8.16. The van der Waals surface area contributed by atoms with Crippen LogP contribution in [-0.4, -0.2) is 15.9 Å². The summed E-state index contributed by atoms with van der Waals surface area (Å²) in [4.78, 5) is 30.3. The minimum absolute atomic E-state index is 0.201. The highest BCUT2D eigenvalue weighted by Gasteiger charge is 2.07. The van der Waals surface area contributed by atoms with Gasteiger partial charge >= 0.3 is 0 Å². The SMILES string of the molecule is NC(=O)CCCCc1nc2ccc(Oc3ccccc3)cc2c(=O)[nH]1. The number of nitrogens with one attached hydrogen (secondary N) is 1. The number of aromatic amines is 1. The Labute approximate surface area is 144 Å². The van der Waals surface area contributed by atoms with Gasteiger partial charge in [0.05, 0.1) is 10.9 Å². The van der Waals surface area contributed by atoms with Gasteiger partial charge in [0.2, 0.25) is 5.91 Å². The highest BCUT2D eigenvalue weighted by Crippen LogP contribution is 2.23. The first kappa shape index (κ1) is 16.7. The number of hydrogen-bond acceptors (Lipinski definition) is 4. The Balaban J connectivity index is 1.77. The zero-order valence-electron chi connectivity index (χ0n) is 13.7. The third-order valence-electron chi connectivity index (χ3n) is 3.79. The summed E-state index contributed by atoms with van der Waals surface area (Å²) in [6.45, 7) is 0. The van der Waals surface area contributed by atoms with Crippen molar-refractivity contribution in [3.05, 3.63) is 64.7 Å². The summed E-state index contributed by atoms with van der Waals surface area (Å²) < 4.78 is 5.75. The monoisotopic (exact) mass is 337 g/mol. The van der Waals surface area contributed by atoms with E-state index in [2.05, 4.69) is 9.97 Å². The molecule has 0 spiro atoms. The second-order valence-electron chi connectivity index (χ2n) is 5.78. The van der Waals surface area contributed by atoms with Crippen LogP contribution in [0.15, 0.2) is 53.3 Å². The quantitative estimate of drug-likeness (QED) is 0.648. The summed E-state index contributed by atoms with van der Waals surface area (Å²) in [5.74, 6) is 1.59. The van der Waals surface area contributed by atoms with Crippen LogP contribution in [0, 0.1) is 0 Å². The molecule has 0 bridgehead atoms. The number of unbranched alkanes of at least 4 members (excludes halogenated alkanes) is 1. The van der Waals surface area contributed by atoms with Crippen LogP contribution in [0.4, 0.5) is 0 Å². The molecule has 25 heavy (non-hydrogen) atoms. The number of primary amides is 1. The molecule has 2 aromatic carbocycles. The van der Waals surface area contributed by atoms with Crippen molar-refractivity contribution in [1.29, 1.82) is 0 Å². The van der Waals surface area contributed by atoms with Crippen LogP contribution in [0.5, 0.6) is 11.5 Å². The van der Waals surface area contributed by atoms with Crippen molar-refractivity contribution in [3.8, 4) is 11.5 Å². The molecule has 3 N–H and O–H groups in total. The number of fused-ring (bicyclic) bond motifs is 1. The Morgan fingerprint density at radius 1 is 1.08 bits per heavy atom. The van der Waals surface area contributed by atoms with Gasteiger partial charge in [-0.15, -0.1) is 0 Å². The molecular weight excluding hydrogens is 318 g/mol. The molecular formula is C19H19N3O3. The van der Waals surface area contributed by atoms with Gasteiger partial charge in [0.15, 0.2) is 0 Å². The number of aryl methyl sites for hydroxylation is 1. The van der Waals surface area contributed by atoms with E-state index in [0.717, 1.165) is 6.42 Å². The van der Waals surface area contributed by atoms with Crippen molar-refractivity contribution in [3.63, 3.8) is 0 Å². The van der Waals surface area contributed by atoms with Crippen LogP contribution in [0.2, 0.25) is 0 Å². The van der Waals surface area contributed by atoms with E-state index < -0.39 is 0 Å². The molecule has 0 saturated heterocycles. The van der Waals surface area contributed by atoms with Crippen molar-refractivity contribution in [2.45, 2.75) is 25.7 Å². The molecule has 0 saturated carbocycles. The Kier molecular flexibility index (Phi) is 5.09. The molecule has 0 aliphatic heterocycles. The van der Waals surface area contributed by atoms with E-state index in [1.165, 1.54) is 0 Å². The van der Waals surface area contributed by atoms with Gasteiger partial charge in [0, 0.05) is 12.8 Å². The maximum atomic E-state index is 12.3. The summed E-state index contributed by atoms with van der Waals surface area (Å²) >= 11 is 0. The van der Waals surface area contributed by atoms with Gasteiger partial charge < -0.3 is 15.5 Å². The number of carbonyl (C=O) groups is 1. The molecule has 1 amide bonds. The Morgan fingerprint density at radius 3 is 2.64 bits per heavy atom. The van der Waals surface area contributed by atoms with E-state index in [1.54, 1.807) is 18.2 Å². The number of amides is 1. The predicted molar refractivity (Wildman–Crippen MR) is 95.6 cm³/mol. The molecule has 6 nitrogen and oxygen atoms in total. The largest absolute Gasteiger partial charge is 0.457 e. The summed E-state index contributed by atoms with van der Waals surface area (Å²) in [7, 11) is 0. The fourth-order valence-corrected chi connectivity index (χ4v) is 2.56. The van der Waals surface area contributed by atoms with Crippen molar-refractivity contribution in [1.82, 2.24) is 9.97 Å². The molecule has 1 aromatic heterocycles. The van der Waals surface area contributed by atoms with E-state index in [0.29, 0.717) is 47.5 Å². The molecule has 0 aliphatic carbocycles. The van der Waals surface area contributed by atoms with E-state index in [9.17, 15) is 9.59 Å². The Bertz CT molecular complexity index is 936. The lowest BCUT2D eigenvalue weighted by Gasteiger charge is -2.07. The normalized spacial score (nSPS) is 10.7. The van der Waals surface area contributed by atoms with Crippen LogP contribution < -0.4 is 16.0 Å². The Hall–Kier alpha value is -3.15. The number of H-pyrrole nitrogens is 1. The topological polar surface area (TPSA) is 98.1 Å². The van der Waals surface area contributed by atoms with Gasteiger partial charge in [-0.3, -0.25) is 9.59 Å². The highest BCUT2D eigenvalue weighted by atomic mass is 16.5. The number of benzene rings is 2. The molecule has 1 heterocycles. The van der Waals surface area contributed by atoms with Crippen molar-refractivity contribution in [2.75, 3.05) is 0 Å². The first-order valence-corrected chi connectivity index (χ1v) is 8.16. The minimum atomic E-state index is -0.314. The maximum absolute atomic E-state index is 12.3. The van der Waals surface area contributed by atoms with Crippen LogP contribution in [0.3, 0.4) is 0 Å². The number of rotatable bonds is 7. The third kappa shape index (κ3) is 4.44. The predicted octanol–water partition coefficient (Wildman–Crippen LogP) is 2.91. The van der Waals surface area contributed by atoms with Crippen molar-refractivity contribution in [2.24, 2.45) is 5.73 Å². The van der Waals surface area contributed by atoms with Gasteiger partial charge in [-0.25, -0.2) is 4.98 Å². The number of ether oxygens (including phenoxy) is 1. The number of carbonyl (C=O) groups excluding carboxylic acids is 1. The van der Waals surface area contributed by atoms with E-state index in [4.69, 9.17) is 10.5 Å². The number of para-hydroxylation sites is 1. The van der Waals surface area contributed by atoms with E-state index in [1.807, 2.05) is 30.3 Å². The van der Waals surface area contributed by atoms with Gasteiger partial charge in [0.25, 0.3) is 5.56 Å². The lowest BCUT2D eigenvalue weighted by molar-refractivity contribution is -0.118. The van der Waals surface area contributed by atoms with E-state index >= 15 is 0 Å².